The molecule has 1 aromatic rings. The van der Waals surface area contributed by atoms with Gasteiger partial charge in [-0.05, 0) is 49.0 Å². The summed E-state index contributed by atoms with van der Waals surface area (Å²) in [5.74, 6) is 1.02. The lowest BCUT2D eigenvalue weighted by Crippen LogP contribution is -2.36. The minimum absolute atomic E-state index is 0.0932. The molecule has 0 bridgehead atoms. The van der Waals surface area contributed by atoms with Crippen molar-refractivity contribution in [3.63, 3.8) is 0 Å². The molecule has 23 heavy (non-hydrogen) atoms. The molecule has 122 valence electrons. The number of rotatable bonds is 3. The van der Waals surface area contributed by atoms with Crippen LogP contribution < -0.4 is 4.90 Å². The third kappa shape index (κ3) is 3.81. The molecule has 2 heterocycles. The monoisotopic (exact) mass is 312 g/mol. The van der Waals surface area contributed by atoms with E-state index in [-0.39, 0.29) is 11.8 Å². The lowest BCUT2D eigenvalue weighted by atomic mass is 9.99. The first-order valence-corrected chi connectivity index (χ1v) is 8.51. The fourth-order valence-electron chi connectivity index (χ4n) is 3.19. The van der Waals surface area contributed by atoms with Crippen LogP contribution in [0.4, 0.5) is 5.69 Å². The standard InChI is InChI=1S/C19H24N2O2/c1-15-10-13-20(14-11-15)18(22)9-6-16-4-7-17(8-5-16)21-12-2-3-19(21)23/h4-9,15H,2-3,10-14H2,1H3/b9-6+. The Kier molecular flexibility index (Phi) is 4.79. The molecule has 2 saturated heterocycles. The summed E-state index contributed by atoms with van der Waals surface area (Å²) in [6.07, 6.45) is 7.28. The Bertz CT molecular complexity index is 598. The Morgan fingerprint density at radius 3 is 2.43 bits per heavy atom. The molecule has 0 spiro atoms. The molecule has 2 aliphatic rings. The molecule has 0 saturated carbocycles. The van der Waals surface area contributed by atoms with Crippen LogP contribution >= 0.6 is 0 Å². The number of piperidine rings is 1. The second-order valence-electron chi connectivity index (χ2n) is 6.58. The average Bonchev–Trinajstić information content (AvgIpc) is 3.00. The van der Waals surface area contributed by atoms with Crippen LogP contribution in [0.15, 0.2) is 30.3 Å². The van der Waals surface area contributed by atoms with E-state index in [9.17, 15) is 9.59 Å². The van der Waals surface area contributed by atoms with Gasteiger partial charge in [0.25, 0.3) is 0 Å². The Balaban J connectivity index is 1.59. The van der Waals surface area contributed by atoms with Gasteiger partial charge in [-0.25, -0.2) is 0 Å². The molecule has 4 heteroatoms. The molecule has 3 rings (SSSR count). The minimum Gasteiger partial charge on any atom is -0.339 e. The highest BCUT2D eigenvalue weighted by Gasteiger charge is 2.21. The molecular weight excluding hydrogens is 288 g/mol. The predicted octanol–water partition coefficient (Wildman–Crippen LogP) is 3.09. The van der Waals surface area contributed by atoms with E-state index in [1.807, 2.05) is 40.1 Å². The van der Waals surface area contributed by atoms with Crippen LogP contribution in [0.5, 0.6) is 0 Å². The van der Waals surface area contributed by atoms with Gasteiger partial charge in [0.1, 0.15) is 0 Å². The Labute approximate surface area is 137 Å². The van der Waals surface area contributed by atoms with Crippen molar-refractivity contribution in [2.24, 2.45) is 5.92 Å². The van der Waals surface area contributed by atoms with E-state index in [1.165, 1.54) is 0 Å². The first-order chi connectivity index (χ1) is 11.1. The molecular formula is C19H24N2O2. The molecule has 0 atom stereocenters. The summed E-state index contributed by atoms with van der Waals surface area (Å²) in [4.78, 5) is 27.7. The van der Waals surface area contributed by atoms with Crippen LogP contribution in [0.25, 0.3) is 6.08 Å². The van der Waals surface area contributed by atoms with Gasteiger partial charge < -0.3 is 9.80 Å². The van der Waals surface area contributed by atoms with E-state index in [0.717, 1.165) is 56.1 Å². The largest absolute Gasteiger partial charge is 0.339 e. The maximum atomic E-state index is 12.2. The Morgan fingerprint density at radius 2 is 1.83 bits per heavy atom. The summed E-state index contributed by atoms with van der Waals surface area (Å²) in [5, 5.41) is 0. The van der Waals surface area contributed by atoms with Gasteiger partial charge in [0.2, 0.25) is 11.8 Å². The number of benzene rings is 1. The maximum absolute atomic E-state index is 12.2. The molecule has 2 aliphatic heterocycles. The second kappa shape index (κ2) is 6.99. The molecule has 0 unspecified atom stereocenters. The smallest absolute Gasteiger partial charge is 0.246 e. The normalized spacial score (nSPS) is 19.8. The topological polar surface area (TPSA) is 40.6 Å². The average molecular weight is 312 g/mol. The zero-order valence-electron chi connectivity index (χ0n) is 13.7. The van der Waals surface area contributed by atoms with Crippen molar-refractivity contribution >= 4 is 23.6 Å². The van der Waals surface area contributed by atoms with Gasteiger partial charge in [0.05, 0.1) is 0 Å². The van der Waals surface area contributed by atoms with Crippen molar-refractivity contribution < 1.29 is 9.59 Å². The van der Waals surface area contributed by atoms with Crippen LogP contribution in [0.1, 0.15) is 38.2 Å². The molecule has 4 nitrogen and oxygen atoms in total. The molecule has 1 aromatic carbocycles. The third-order valence-electron chi connectivity index (χ3n) is 4.79. The van der Waals surface area contributed by atoms with Gasteiger partial charge in [0, 0.05) is 37.8 Å². The fourth-order valence-corrected chi connectivity index (χ4v) is 3.19. The van der Waals surface area contributed by atoms with Gasteiger partial charge in [-0.2, -0.15) is 0 Å². The van der Waals surface area contributed by atoms with Crippen LogP contribution in [0, 0.1) is 5.92 Å². The number of amides is 2. The zero-order valence-corrected chi connectivity index (χ0v) is 13.7. The number of anilines is 1. The van der Waals surface area contributed by atoms with Gasteiger partial charge in [-0.1, -0.05) is 19.1 Å². The second-order valence-corrected chi connectivity index (χ2v) is 6.58. The van der Waals surface area contributed by atoms with E-state index in [4.69, 9.17) is 0 Å². The molecule has 0 N–H and O–H groups in total. The highest BCUT2D eigenvalue weighted by Crippen LogP contribution is 2.22. The highest BCUT2D eigenvalue weighted by atomic mass is 16.2. The lowest BCUT2D eigenvalue weighted by Gasteiger charge is -2.29. The van der Waals surface area contributed by atoms with Crippen LogP contribution in [-0.2, 0) is 9.59 Å². The van der Waals surface area contributed by atoms with Gasteiger partial charge in [0.15, 0.2) is 0 Å². The molecule has 2 fully saturated rings. The van der Waals surface area contributed by atoms with Crippen molar-refractivity contribution in [2.45, 2.75) is 32.6 Å². The zero-order chi connectivity index (χ0) is 16.2. The first kappa shape index (κ1) is 15.8. The fraction of sp³-hybridized carbons (Fsp3) is 0.474. The van der Waals surface area contributed by atoms with Crippen molar-refractivity contribution in [1.82, 2.24) is 4.90 Å². The maximum Gasteiger partial charge on any atom is 0.246 e. The van der Waals surface area contributed by atoms with Crippen LogP contribution in [0.3, 0.4) is 0 Å². The molecule has 0 aromatic heterocycles. The van der Waals surface area contributed by atoms with E-state index in [1.54, 1.807) is 6.08 Å². The third-order valence-corrected chi connectivity index (χ3v) is 4.79. The van der Waals surface area contributed by atoms with E-state index in [0.29, 0.717) is 6.42 Å². The predicted molar refractivity (Wildman–Crippen MR) is 92.0 cm³/mol. The Morgan fingerprint density at radius 1 is 1.13 bits per heavy atom. The summed E-state index contributed by atoms with van der Waals surface area (Å²) in [7, 11) is 0. The van der Waals surface area contributed by atoms with E-state index in [2.05, 4.69) is 6.92 Å². The number of carbonyl (C=O) groups is 2. The number of carbonyl (C=O) groups excluding carboxylic acids is 2. The van der Waals surface area contributed by atoms with Crippen molar-refractivity contribution in [1.29, 1.82) is 0 Å². The Hall–Kier alpha value is -2.10. The van der Waals surface area contributed by atoms with E-state index < -0.39 is 0 Å². The molecule has 0 aliphatic carbocycles. The minimum atomic E-state index is 0.0932. The number of nitrogens with zero attached hydrogens (tertiary/aromatic N) is 2. The summed E-state index contributed by atoms with van der Waals surface area (Å²) >= 11 is 0. The number of likely N-dealkylation sites (tertiary alicyclic amines) is 1. The SMILES string of the molecule is CC1CCN(C(=O)/C=C/c2ccc(N3CCCC3=O)cc2)CC1. The summed E-state index contributed by atoms with van der Waals surface area (Å²) in [5.41, 5.74) is 1.93. The molecule has 0 radical (unpaired) electrons. The number of hydrogen-bond acceptors (Lipinski definition) is 2. The van der Waals surface area contributed by atoms with Crippen LogP contribution in [0.2, 0.25) is 0 Å². The van der Waals surface area contributed by atoms with Gasteiger partial charge >= 0.3 is 0 Å². The number of hydrogen-bond donors (Lipinski definition) is 0. The lowest BCUT2D eigenvalue weighted by molar-refractivity contribution is -0.127. The summed E-state index contributed by atoms with van der Waals surface area (Å²) in [6.45, 7) is 4.77. The van der Waals surface area contributed by atoms with Crippen LogP contribution in [-0.4, -0.2) is 36.3 Å². The van der Waals surface area contributed by atoms with Gasteiger partial charge in [-0.3, -0.25) is 9.59 Å². The summed E-state index contributed by atoms with van der Waals surface area (Å²) < 4.78 is 0. The first-order valence-electron chi connectivity index (χ1n) is 8.51. The van der Waals surface area contributed by atoms with Crippen molar-refractivity contribution in [3.8, 4) is 0 Å². The molecule has 2 amide bonds. The quantitative estimate of drug-likeness (QED) is 0.805. The van der Waals surface area contributed by atoms with E-state index >= 15 is 0 Å². The van der Waals surface area contributed by atoms with Crippen molar-refractivity contribution in [3.05, 3.63) is 35.9 Å². The highest BCUT2D eigenvalue weighted by molar-refractivity contribution is 5.95. The van der Waals surface area contributed by atoms with Gasteiger partial charge in [-0.15, -0.1) is 0 Å². The van der Waals surface area contributed by atoms with Crippen molar-refractivity contribution in [2.75, 3.05) is 24.5 Å². The summed E-state index contributed by atoms with van der Waals surface area (Å²) in [6, 6.07) is 7.83.